The number of amides is 1. The summed E-state index contributed by atoms with van der Waals surface area (Å²) in [4.78, 5) is 17.2. The Bertz CT molecular complexity index is 1570. The van der Waals surface area contributed by atoms with Gasteiger partial charge in [0, 0.05) is 46.8 Å². The van der Waals surface area contributed by atoms with Gasteiger partial charge < -0.3 is 16.4 Å². The number of sulfonamides is 1. The van der Waals surface area contributed by atoms with E-state index in [0.717, 1.165) is 6.42 Å². The van der Waals surface area contributed by atoms with Crippen LogP contribution in [0.3, 0.4) is 0 Å². The minimum atomic E-state index is -4.67. The first-order chi connectivity index (χ1) is 20.3. The highest BCUT2D eigenvalue weighted by Crippen LogP contribution is 2.36. The molecule has 1 amide bonds. The number of aromatic nitrogens is 1. The summed E-state index contributed by atoms with van der Waals surface area (Å²) in [5.41, 5.74) is 7.07. The van der Waals surface area contributed by atoms with Gasteiger partial charge in [-0.2, -0.15) is 17.5 Å². The van der Waals surface area contributed by atoms with Crippen molar-refractivity contribution in [3.05, 3.63) is 80.5 Å². The number of piperazine rings is 1. The van der Waals surface area contributed by atoms with Crippen LogP contribution in [0.15, 0.2) is 47.8 Å². The van der Waals surface area contributed by atoms with E-state index in [0.29, 0.717) is 47.9 Å². The zero-order chi connectivity index (χ0) is 30.9. The van der Waals surface area contributed by atoms with Crippen LogP contribution in [0, 0.1) is 5.82 Å². The second kappa shape index (κ2) is 12.8. The van der Waals surface area contributed by atoms with Gasteiger partial charge >= 0.3 is 6.18 Å². The number of alkyl halides is 3. The van der Waals surface area contributed by atoms with Crippen molar-refractivity contribution in [1.29, 1.82) is 0 Å². The number of nitrogens with zero attached hydrogens (tertiary/aromatic N) is 2. The first-order valence-electron chi connectivity index (χ1n) is 13.7. The number of hydrogen-bond acceptors (Lipinski definition) is 7. The molecule has 2 aromatic carbocycles. The van der Waals surface area contributed by atoms with Crippen molar-refractivity contribution in [1.82, 2.24) is 14.6 Å². The summed E-state index contributed by atoms with van der Waals surface area (Å²) in [6.45, 7) is 0.794. The van der Waals surface area contributed by atoms with Crippen LogP contribution in [0.5, 0.6) is 0 Å². The molecule has 3 heterocycles. The summed E-state index contributed by atoms with van der Waals surface area (Å²) in [5, 5.41) is 6.56. The van der Waals surface area contributed by atoms with E-state index in [-0.39, 0.29) is 41.2 Å². The molecule has 0 radical (unpaired) electrons. The van der Waals surface area contributed by atoms with Gasteiger partial charge in [-0.25, -0.2) is 17.8 Å². The van der Waals surface area contributed by atoms with Crippen LogP contribution in [-0.2, 0) is 27.4 Å². The number of nitrogens with two attached hydrogens (primary N) is 1. The van der Waals surface area contributed by atoms with E-state index in [1.807, 2.05) is 0 Å². The van der Waals surface area contributed by atoms with Gasteiger partial charge in [0.15, 0.2) is 5.01 Å². The van der Waals surface area contributed by atoms with Gasteiger partial charge in [0.2, 0.25) is 15.9 Å². The standard InChI is InChI=1S/C28H30ClF4N5O3S2/c29-17-8-6-16(7-9-17)24(23-15-42-27(37-23)28(31,32)33)25(34)26(39)36-22-5-1-4-21(30)20(22)11-10-19-13-35-18-3-2-12-43(40,41)38(19)14-18/h1,4-9,15,18-19,24-25,35H,2-3,10-14,34H2,(H,36,39)/t18-,19+,24+,25+/m1/s1. The van der Waals surface area contributed by atoms with Crippen LogP contribution in [0.2, 0.25) is 5.02 Å². The average molecular weight is 660 g/mol. The van der Waals surface area contributed by atoms with Crippen LogP contribution in [0.25, 0.3) is 0 Å². The van der Waals surface area contributed by atoms with Gasteiger partial charge in [-0.1, -0.05) is 29.8 Å². The predicted molar refractivity (Wildman–Crippen MR) is 157 cm³/mol. The van der Waals surface area contributed by atoms with Crippen LogP contribution >= 0.6 is 22.9 Å². The zero-order valence-corrected chi connectivity index (χ0v) is 25.2. The van der Waals surface area contributed by atoms with Crippen LogP contribution in [-0.4, -0.2) is 60.6 Å². The second-order valence-corrected chi connectivity index (χ2v) is 14.0. The minimum Gasteiger partial charge on any atom is -0.324 e. The molecule has 0 saturated carbocycles. The molecule has 2 aliphatic heterocycles. The lowest BCUT2D eigenvalue weighted by atomic mass is 9.88. The molecule has 5 atom stereocenters. The van der Waals surface area contributed by atoms with E-state index in [2.05, 4.69) is 15.6 Å². The highest BCUT2D eigenvalue weighted by atomic mass is 35.5. The fourth-order valence-electron chi connectivity index (χ4n) is 5.64. The molecule has 8 nitrogen and oxygen atoms in total. The van der Waals surface area contributed by atoms with E-state index >= 15 is 4.39 Å². The summed E-state index contributed by atoms with van der Waals surface area (Å²) in [7, 11) is -3.44. The molecule has 1 unspecified atom stereocenters. The maximum absolute atomic E-state index is 15.1. The van der Waals surface area contributed by atoms with Gasteiger partial charge in [0.05, 0.1) is 23.4 Å². The molecule has 4 N–H and O–H groups in total. The number of hydrogen-bond donors (Lipinski definition) is 3. The Morgan fingerprint density at radius 3 is 2.67 bits per heavy atom. The topological polar surface area (TPSA) is 117 Å². The fraction of sp³-hybridized carbons (Fsp3) is 0.429. The normalized spacial score (nSPS) is 23.3. The van der Waals surface area contributed by atoms with E-state index in [1.54, 1.807) is 12.1 Å². The Morgan fingerprint density at radius 1 is 1.23 bits per heavy atom. The Balaban J connectivity index is 1.37. The highest BCUT2D eigenvalue weighted by molar-refractivity contribution is 7.89. The monoisotopic (exact) mass is 659 g/mol. The number of carbonyl (C=O) groups is 1. The number of carbonyl (C=O) groups excluding carboxylic acids is 1. The Morgan fingerprint density at radius 2 is 1.98 bits per heavy atom. The molecule has 2 fully saturated rings. The predicted octanol–water partition coefficient (Wildman–Crippen LogP) is 4.75. The molecule has 0 aliphatic carbocycles. The van der Waals surface area contributed by atoms with Crippen LogP contribution in [0.4, 0.5) is 23.2 Å². The van der Waals surface area contributed by atoms with Crippen molar-refractivity contribution >= 4 is 44.6 Å². The molecule has 2 bridgehead atoms. The molecule has 5 rings (SSSR count). The van der Waals surface area contributed by atoms with E-state index < -0.39 is 44.9 Å². The van der Waals surface area contributed by atoms with Crippen LogP contribution < -0.4 is 16.4 Å². The van der Waals surface area contributed by atoms with Crippen molar-refractivity contribution in [3.8, 4) is 0 Å². The molecule has 1 aromatic heterocycles. The molecule has 15 heteroatoms. The summed E-state index contributed by atoms with van der Waals surface area (Å²) >= 11 is 6.39. The first-order valence-corrected chi connectivity index (χ1v) is 16.5. The van der Waals surface area contributed by atoms with Crippen molar-refractivity contribution < 1.29 is 30.8 Å². The summed E-state index contributed by atoms with van der Waals surface area (Å²) in [6.07, 6.45) is -2.90. The van der Waals surface area contributed by atoms with E-state index in [4.69, 9.17) is 17.3 Å². The van der Waals surface area contributed by atoms with Crippen molar-refractivity contribution in [3.63, 3.8) is 0 Å². The molecular weight excluding hydrogens is 630 g/mol. The van der Waals surface area contributed by atoms with Gasteiger partial charge in [-0.15, -0.1) is 11.3 Å². The third-order valence-electron chi connectivity index (χ3n) is 7.84. The molecule has 3 aromatic rings. The van der Waals surface area contributed by atoms with E-state index in [1.165, 1.54) is 40.0 Å². The summed E-state index contributed by atoms with van der Waals surface area (Å²) < 4.78 is 82.3. The molecule has 0 spiro atoms. The zero-order valence-electron chi connectivity index (χ0n) is 22.8. The number of thiazole rings is 1. The third-order valence-corrected chi connectivity index (χ3v) is 11.0. The molecule has 232 valence electrons. The van der Waals surface area contributed by atoms with Gasteiger partial charge in [-0.05, 0) is 55.5 Å². The molecule has 2 aliphatic rings. The van der Waals surface area contributed by atoms with Crippen molar-refractivity contribution in [2.45, 2.75) is 55.9 Å². The number of anilines is 1. The lowest BCUT2D eigenvalue weighted by Gasteiger charge is -2.37. The molecular formula is C28H30ClF4N5O3S2. The van der Waals surface area contributed by atoms with Gasteiger partial charge in [0.1, 0.15) is 5.82 Å². The maximum Gasteiger partial charge on any atom is 0.443 e. The largest absolute Gasteiger partial charge is 0.443 e. The van der Waals surface area contributed by atoms with Gasteiger partial charge in [-0.3, -0.25) is 4.79 Å². The van der Waals surface area contributed by atoms with Crippen molar-refractivity contribution in [2.75, 3.05) is 24.2 Å². The maximum atomic E-state index is 15.1. The van der Waals surface area contributed by atoms with E-state index in [9.17, 15) is 26.4 Å². The Hall–Kier alpha value is -2.62. The Kier molecular flexibility index (Phi) is 9.45. The SMILES string of the molecule is N[C@H](C(=O)Nc1cccc(F)c1CC[C@H]1CN[C@@H]2CCCS(=O)(=O)N1C2)[C@@H](c1ccc(Cl)cc1)c1csc(C(F)(F)F)n1. The number of halogens is 5. The Labute approximate surface area is 255 Å². The second-order valence-electron chi connectivity index (χ2n) is 10.7. The quantitative estimate of drug-likeness (QED) is 0.301. The fourth-order valence-corrected chi connectivity index (χ4v) is 8.30. The van der Waals surface area contributed by atoms with Gasteiger partial charge in [0.25, 0.3) is 0 Å². The lowest BCUT2D eigenvalue weighted by Crippen LogP contribution is -2.57. The van der Waals surface area contributed by atoms with Crippen molar-refractivity contribution in [2.24, 2.45) is 5.73 Å². The van der Waals surface area contributed by atoms with Crippen LogP contribution in [0.1, 0.15) is 47.0 Å². The average Bonchev–Trinajstić information content (AvgIpc) is 3.41. The summed E-state index contributed by atoms with van der Waals surface area (Å²) in [6, 6.07) is 8.63. The number of nitrogens with one attached hydrogen (secondary N) is 2. The first kappa shape index (κ1) is 31.8. The number of benzene rings is 2. The smallest absolute Gasteiger partial charge is 0.324 e. The highest BCUT2D eigenvalue weighted by Gasteiger charge is 2.39. The number of rotatable bonds is 8. The number of fused-ring (bicyclic) bond motifs is 2. The summed E-state index contributed by atoms with van der Waals surface area (Å²) in [5.74, 6) is -2.34. The lowest BCUT2D eigenvalue weighted by molar-refractivity contribution is -0.137. The molecule has 2 saturated heterocycles. The third kappa shape index (κ3) is 7.21. The minimum absolute atomic E-state index is 0.0384. The molecule has 43 heavy (non-hydrogen) atoms.